The van der Waals surface area contributed by atoms with Crippen molar-refractivity contribution in [2.45, 2.75) is 107 Å². The quantitative estimate of drug-likeness (QED) is 0.0942. The van der Waals surface area contributed by atoms with Crippen molar-refractivity contribution >= 4 is 62.1 Å². The highest BCUT2D eigenvalue weighted by Crippen LogP contribution is 2.44. The van der Waals surface area contributed by atoms with Crippen LogP contribution in [-0.2, 0) is 21.4 Å². The fraction of sp³-hybridized carbons (Fsp3) is 0.500. The number of piperidine rings is 4. The van der Waals surface area contributed by atoms with Crippen molar-refractivity contribution in [1.29, 1.82) is 0 Å². The minimum absolute atomic E-state index is 0.0109. The number of anilines is 2. The van der Waals surface area contributed by atoms with Crippen molar-refractivity contribution < 1.29 is 42.9 Å². The topological polar surface area (TPSA) is 201 Å². The number of nitrogens with one attached hydrogen (secondary N) is 1. The van der Waals surface area contributed by atoms with E-state index in [-0.39, 0.29) is 101 Å². The number of aryl methyl sites for hydroxylation is 1. The number of fused-ring (bicyclic) bond motifs is 4. The molecule has 1 unspecified atom stereocenters. The summed E-state index contributed by atoms with van der Waals surface area (Å²) in [6.07, 6.45) is 15.9. The van der Waals surface area contributed by atoms with Gasteiger partial charge in [-0.3, -0.25) is 33.9 Å². The van der Waals surface area contributed by atoms with Gasteiger partial charge in [-0.1, -0.05) is 12.0 Å². The van der Waals surface area contributed by atoms with E-state index in [9.17, 15) is 29.4 Å². The van der Waals surface area contributed by atoms with Gasteiger partial charge in [-0.05, 0) is 138 Å². The Hall–Kier alpha value is -7.37. The van der Waals surface area contributed by atoms with Crippen molar-refractivity contribution in [3.05, 3.63) is 76.3 Å². The zero-order chi connectivity index (χ0) is 54.2. The number of aromatic hydroxyl groups is 1. The Labute approximate surface area is 449 Å². The predicted molar refractivity (Wildman–Crippen MR) is 288 cm³/mol. The summed E-state index contributed by atoms with van der Waals surface area (Å²) in [4.78, 5) is 74.0. The molecule has 6 saturated heterocycles. The second-order valence-electron chi connectivity index (χ2n) is 22.8. The molecule has 0 radical (unpaired) electrons. The van der Waals surface area contributed by atoms with Crippen LogP contribution >= 0.6 is 0 Å². The van der Waals surface area contributed by atoms with Gasteiger partial charge in [-0.15, -0.1) is 6.42 Å². The summed E-state index contributed by atoms with van der Waals surface area (Å²) in [6, 6.07) is 10.6. The number of nitrogens with zero attached hydrogens (tertiary/aromatic N) is 9. The molecule has 3 aromatic carbocycles. The molecule has 0 spiro atoms. The number of hydrogen-bond donors (Lipinski definition) is 3. The number of halogens is 2. The number of carbonyl (C=O) groups excluding carboxylic acids is 3. The Morgan fingerprint density at radius 1 is 0.897 bits per heavy atom. The van der Waals surface area contributed by atoms with Gasteiger partial charge in [0.2, 0.25) is 11.8 Å². The largest absolute Gasteiger partial charge is 0.508 e. The Kier molecular flexibility index (Phi) is 13.3. The molecule has 4 atom stereocenters. The first-order chi connectivity index (χ1) is 37.6. The fourth-order valence-electron chi connectivity index (χ4n) is 13.9. The van der Waals surface area contributed by atoms with Gasteiger partial charge < -0.3 is 34.4 Å². The summed E-state index contributed by atoms with van der Waals surface area (Å²) < 4.78 is 48.0. The second-order valence-corrected chi connectivity index (χ2v) is 22.8. The summed E-state index contributed by atoms with van der Waals surface area (Å²) in [5, 5.41) is 25.2. The van der Waals surface area contributed by atoms with E-state index in [1.165, 1.54) is 35.0 Å². The molecule has 6 aliphatic heterocycles. The maximum atomic E-state index is 17.2. The number of imidazole rings is 1. The van der Waals surface area contributed by atoms with Crippen LogP contribution < -0.4 is 25.5 Å². The lowest BCUT2D eigenvalue weighted by molar-refractivity contribution is -0.135. The van der Waals surface area contributed by atoms with E-state index in [0.717, 1.165) is 82.2 Å². The lowest BCUT2D eigenvalue weighted by Crippen LogP contribution is -2.48. The molecule has 9 heterocycles. The molecular formula is C58H64F2N10O8. The van der Waals surface area contributed by atoms with E-state index in [2.05, 4.69) is 31.0 Å². The molecule has 6 aliphatic rings. The average molecular weight is 1070 g/mol. The third kappa shape index (κ3) is 9.21. The van der Waals surface area contributed by atoms with Gasteiger partial charge in [-0.2, -0.15) is 9.97 Å². The SMILES string of the molecule is C#Cc1c(F)ccc2cc(O)cc(-c3ncc4c(N5CCC[C@@](C)(O)C5)nc(OC[C@@]56CCCN5[C@H](COC(=O)N5CCC(C7CCN(c8ccc9c(c8)n(C)c(=O)n9C8CCC(=O)NC8=O)CC7)CC5)CC6)nc4c3F)c12. The molecule has 0 bridgehead atoms. The molecule has 6 aromatic rings. The maximum absolute atomic E-state index is 17.2. The summed E-state index contributed by atoms with van der Waals surface area (Å²) >= 11 is 0. The first-order valence-corrected chi connectivity index (χ1v) is 27.5. The highest BCUT2D eigenvalue weighted by atomic mass is 19.1. The van der Waals surface area contributed by atoms with Gasteiger partial charge in [0.05, 0.1) is 33.1 Å². The van der Waals surface area contributed by atoms with Gasteiger partial charge in [-0.25, -0.2) is 18.4 Å². The number of aromatic nitrogens is 5. The van der Waals surface area contributed by atoms with E-state index in [0.29, 0.717) is 66.4 Å². The number of likely N-dealkylation sites (tertiary alicyclic amines) is 1. The maximum Gasteiger partial charge on any atom is 0.409 e. The molecule has 6 fully saturated rings. The number of amides is 3. The van der Waals surface area contributed by atoms with Crippen LogP contribution in [0.15, 0.2) is 53.5 Å². The van der Waals surface area contributed by atoms with E-state index in [1.807, 2.05) is 28.0 Å². The number of carbonyl (C=O) groups is 3. The molecule has 78 heavy (non-hydrogen) atoms. The van der Waals surface area contributed by atoms with Gasteiger partial charge in [0.15, 0.2) is 5.82 Å². The third-order valence-electron chi connectivity index (χ3n) is 17.9. The summed E-state index contributed by atoms with van der Waals surface area (Å²) in [5.41, 5.74) is 0.493. The summed E-state index contributed by atoms with van der Waals surface area (Å²) in [7, 11) is 1.71. The molecule has 0 aliphatic carbocycles. The molecular weight excluding hydrogens is 1000 g/mol. The Morgan fingerprint density at radius 3 is 2.42 bits per heavy atom. The van der Waals surface area contributed by atoms with Gasteiger partial charge in [0.1, 0.15) is 47.9 Å². The number of β-amino-alcohol motifs (C(OH)–C–C–N with tert-alkyl or cyclic N) is 1. The van der Waals surface area contributed by atoms with E-state index >= 15 is 8.78 Å². The van der Waals surface area contributed by atoms with Crippen molar-refractivity contribution in [3.63, 3.8) is 0 Å². The van der Waals surface area contributed by atoms with Crippen LogP contribution in [0.2, 0.25) is 0 Å². The van der Waals surface area contributed by atoms with Crippen molar-refractivity contribution in [2.24, 2.45) is 18.9 Å². The molecule has 408 valence electrons. The number of hydrogen-bond acceptors (Lipinski definition) is 14. The van der Waals surface area contributed by atoms with E-state index < -0.39 is 29.2 Å². The molecule has 0 saturated carbocycles. The molecule has 3 N–H and O–H groups in total. The number of aliphatic hydroxyl groups is 1. The highest BCUT2D eigenvalue weighted by molar-refractivity contribution is 6.03. The van der Waals surface area contributed by atoms with E-state index in [4.69, 9.17) is 20.9 Å². The number of ether oxygens (including phenoxy) is 2. The average Bonchev–Trinajstić information content (AvgIpc) is 4.20. The highest BCUT2D eigenvalue weighted by Gasteiger charge is 2.50. The summed E-state index contributed by atoms with van der Waals surface area (Å²) in [5.74, 6) is 1.33. The zero-order valence-electron chi connectivity index (χ0n) is 44.0. The van der Waals surface area contributed by atoms with Crippen molar-refractivity contribution in [3.8, 4) is 35.4 Å². The third-order valence-corrected chi connectivity index (χ3v) is 17.9. The molecule has 18 nitrogen and oxygen atoms in total. The number of imide groups is 1. The lowest BCUT2D eigenvalue weighted by atomic mass is 9.79. The number of benzene rings is 3. The van der Waals surface area contributed by atoms with Crippen LogP contribution in [0.1, 0.15) is 95.6 Å². The minimum Gasteiger partial charge on any atom is -0.508 e. The number of pyridine rings is 1. The fourth-order valence-corrected chi connectivity index (χ4v) is 13.9. The standard InChI is InChI=1S/C58H64F2N10O8/c1-4-40-43(59)9-7-36-27-39(71)29-41(48(36)40)50-49(60)51-42(30-61-50)52(68-21-5-18-57(2,76)32-68)64-54(63-51)78-33-58-19-6-22-69(58)38(13-20-58)31-77-56(75)67-25-16-35(17-26-67)34-14-23-66(24-15-34)37-8-10-44-46(28-37)65(3)55(74)70(44)45-11-12-47(72)62-53(45)73/h1,7-10,27-30,34-35,38,45,71,76H,5-6,11-26,31-33H2,2-3H3,(H,62,72,73)/t38-,45?,57+,58-/m0/s1. The smallest absolute Gasteiger partial charge is 0.409 e. The first-order valence-electron chi connectivity index (χ1n) is 27.5. The van der Waals surface area contributed by atoms with Crippen molar-refractivity contribution in [2.75, 3.05) is 68.8 Å². The van der Waals surface area contributed by atoms with Crippen LogP contribution in [0.5, 0.6) is 11.8 Å². The van der Waals surface area contributed by atoms with Gasteiger partial charge in [0.25, 0.3) is 0 Å². The van der Waals surface area contributed by atoms with Crippen LogP contribution in [0.3, 0.4) is 0 Å². The van der Waals surface area contributed by atoms with Crippen LogP contribution in [0, 0.1) is 35.8 Å². The zero-order valence-corrected chi connectivity index (χ0v) is 44.0. The molecule has 3 amide bonds. The first kappa shape index (κ1) is 51.4. The predicted octanol–water partition coefficient (Wildman–Crippen LogP) is 6.93. The molecule has 20 heteroatoms. The van der Waals surface area contributed by atoms with Gasteiger partial charge >= 0.3 is 17.8 Å². The minimum atomic E-state index is -1.02. The number of rotatable bonds is 10. The molecule has 3 aromatic heterocycles. The normalized spacial score (nSPS) is 24.5. The van der Waals surface area contributed by atoms with Crippen LogP contribution in [0.4, 0.5) is 25.1 Å². The second kappa shape index (κ2) is 20.1. The Bertz CT molecular complexity index is 3510. The number of terminal acetylenes is 1. The molecule has 12 rings (SSSR count). The number of phenols is 1. The summed E-state index contributed by atoms with van der Waals surface area (Å²) in [6.45, 7) is 6.83. The monoisotopic (exact) mass is 1070 g/mol. The van der Waals surface area contributed by atoms with E-state index in [1.54, 1.807) is 18.5 Å². The van der Waals surface area contributed by atoms with Crippen molar-refractivity contribution in [1.82, 2.24) is 39.2 Å². The van der Waals surface area contributed by atoms with Crippen LogP contribution in [0.25, 0.3) is 44.0 Å². The lowest BCUT2D eigenvalue weighted by Gasteiger charge is -2.40. The Morgan fingerprint density at radius 2 is 1.67 bits per heavy atom. The Balaban J connectivity index is 0.680. The van der Waals surface area contributed by atoms with Crippen LogP contribution in [-0.4, -0.2) is 138 Å². The number of phenolic OH excluding ortho intramolecular Hbond substituents is 1. The van der Waals surface area contributed by atoms with Gasteiger partial charge in [0, 0.05) is 81.6 Å².